The van der Waals surface area contributed by atoms with Crippen LogP contribution in [0, 0.1) is 11.7 Å². The molecule has 2 N–H and O–H groups in total. The molecule has 1 saturated heterocycles. The quantitative estimate of drug-likeness (QED) is 0.779. The van der Waals surface area contributed by atoms with Crippen molar-refractivity contribution in [2.45, 2.75) is 32.7 Å². The topological polar surface area (TPSA) is 46.3 Å². The third-order valence-corrected chi connectivity index (χ3v) is 3.62. The highest BCUT2D eigenvalue weighted by molar-refractivity contribution is 5.99. The van der Waals surface area contributed by atoms with E-state index < -0.39 is 5.82 Å². The second kappa shape index (κ2) is 4.96. The Morgan fingerprint density at radius 1 is 1.39 bits per heavy atom. The van der Waals surface area contributed by atoms with Crippen LogP contribution in [0.4, 0.5) is 10.1 Å². The molecule has 1 aliphatic heterocycles. The second-order valence-corrected chi connectivity index (χ2v) is 5.22. The minimum atomic E-state index is -0.426. The Morgan fingerprint density at radius 3 is 2.83 bits per heavy atom. The van der Waals surface area contributed by atoms with Crippen molar-refractivity contribution in [1.29, 1.82) is 0 Å². The van der Waals surface area contributed by atoms with Crippen molar-refractivity contribution < 1.29 is 9.18 Å². The molecule has 2 unspecified atom stereocenters. The lowest BCUT2D eigenvalue weighted by molar-refractivity contribution is 0.0574. The number of benzene rings is 1. The summed E-state index contributed by atoms with van der Waals surface area (Å²) in [4.78, 5) is 14.2. The van der Waals surface area contributed by atoms with Gasteiger partial charge in [0, 0.05) is 18.3 Å². The van der Waals surface area contributed by atoms with Gasteiger partial charge in [0.2, 0.25) is 0 Å². The average Bonchev–Trinajstić information content (AvgIpc) is 2.34. The van der Waals surface area contributed by atoms with E-state index in [1.165, 1.54) is 18.2 Å². The molecule has 2 atom stereocenters. The third kappa shape index (κ3) is 2.47. The Labute approximate surface area is 107 Å². The molecule has 1 amide bonds. The fourth-order valence-electron chi connectivity index (χ4n) is 2.44. The maximum Gasteiger partial charge on any atom is 0.256 e. The number of likely N-dealkylation sites (tertiary alicyclic amines) is 1. The van der Waals surface area contributed by atoms with E-state index >= 15 is 0 Å². The number of nitrogens with zero attached hydrogens (tertiary/aromatic N) is 1. The van der Waals surface area contributed by atoms with Crippen LogP contribution in [-0.2, 0) is 0 Å². The number of nitrogen functional groups attached to an aromatic ring is 1. The molecule has 1 heterocycles. The number of hydrogen-bond acceptors (Lipinski definition) is 2. The van der Waals surface area contributed by atoms with Gasteiger partial charge >= 0.3 is 0 Å². The molecule has 0 radical (unpaired) electrons. The van der Waals surface area contributed by atoms with Crippen LogP contribution < -0.4 is 5.73 Å². The van der Waals surface area contributed by atoms with Crippen LogP contribution in [0.1, 0.15) is 37.0 Å². The molecule has 1 aromatic carbocycles. The van der Waals surface area contributed by atoms with Crippen molar-refractivity contribution in [3.05, 3.63) is 29.6 Å². The van der Waals surface area contributed by atoms with Crippen LogP contribution in [0.25, 0.3) is 0 Å². The van der Waals surface area contributed by atoms with Crippen molar-refractivity contribution >= 4 is 11.6 Å². The van der Waals surface area contributed by atoms with Gasteiger partial charge in [-0.05, 0) is 43.9 Å². The molecule has 0 aromatic heterocycles. The normalized spacial score (nSPS) is 24.1. The van der Waals surface area contributed by atoms with Gasteiger partial charge in [-0.2, -0.15) is 0 Å². The van der Waals surface area contributed by atoms with Crippen LogP contribution in [0.2, 0.25) is 0 Å². The maximum absolute atomic E-state index is 13.2. The number of carbonyl (C=O) groups is 1. The van der Waals surface area contributed by atoms with Crippen LogP contribution in [-0.4, -0.2) is 23.4 Å². The third-order valence-electron chi connectivity index (χ3n) is 3.62. The van der Waals surface area contributed by atoms with Crippen molar-refractivity contribution in [3.8, 4) is 0 Å². The lowest BCUT2D eigenvalue weighted by Crippen LogP contribution is -2.45. The van der Waals surface area contributed by atoms with Gasteiger partial charge in [0.25, 0.3) is 5.91 Å². The zero-order valence-corrected chi connectivity index (χ0v) is 10.8. The summed E-state index contributed by atoms with van der Waals surface area (Å²) in [5.74, 6) is -0.101. The van der Waals surface area contributed by atoms with Gasteiger partial charge in [-0.15, -0.1) is 0 Å². The first kappa shape index (κ1) is 12.9. The van der Waals surface area contributed by atoms with Crippen molar-refractivity contribution in [3.63, 3.8) is 0 Å². The van der Waals surface area contributed by atoms with Crippen LogP contribution in [0.5, 0.6) is 0 Å². The maximum atomic E-state index is 13.2. The van der Waals surface area contributed by atoms with Gasteiger partial charge in [0.1, 0.15) is 5.82 Å². The lowest BCUT2D eigenvalue weighted by atomic mass is 9.94. The van der Waals surface area contributed by atoms with Gasteiger partial charge < -0.3 is 10.6 Å². The molecule has 18 heavy (non-hydrogen) atoms. The molecule has 0 saturated carbocycles. The summed E-state index contributed by atoms with van der Waals surface area (Å²) in [6.07, 6.45) is 2.12. The van der Waals surface area contributed by atoms with Crippen LogP contribution in [0.15, 0.2) is 18.2 Å². The molecule has 3 nitrogen and oxygen atoms in total. The number of carbonyl (C=O) groups excluding carboxylic acids is 1. The zero-order valence-electron chi connectivity index (χ0n) is 10.8. The minimum Gasteiger partial charge on any atom is -0.398 e. The molecule has 4 heteroatoms. The van der Waals surface area contributed by atoms with E-state index in [1.54, 1.807) is 4.90 Å². The van der Waals surface area contributed by atoms with Crippen molar-refractivity contribution in [2.24, 2.45) is 5.92 Å². The van der Waals surface area contributed by atoms with Gasteiger partial charge in [0.05, 0.1) is 5.56 Å². The summed E-state index contributed by atoms with van der Waals surface area (Å²) in [5.41, 5.74) is 6.38. The summed E-state index contributed by atoms with van der Waals surface area (Å²) in [7, 11) is 0. The number of piperidine rings is 1. The summed E-state index contributed by atoms with van der Waals surface area (Å²) in [6, 6.07) is 4.13. The van der Waals surface area contributed by atoms with E-state index in [1.807, 2.05) is 6.92 Å². The van der Waals surface area contributed by atoms with Gasteiger partial charge in [-0.25, -0.2) is 4.39 Å². The number of anilines is 1. The average molecular weight is 250 g/mol. The monoisotopic (exact) mass is 250 g/mol. The first-order valence-electron chi connectivity index (χ1n) is 6.35. The molecule has 0 aliphatic carbocycles. The van der Waals surface area contributed by atoms with E-state index in [2.05, 4.69) is 6.92 Å². The van der Waals surface area contributed by atoms with Crippen LogP contribution in [0.3, 0.4) is 0 Å². The second-order valence-electron chi connectivity index (χ2n) is 5.22. The van der Waals surface area contributed by atoms with Crippen LogP contribution >= 0.6 is 0 Å². The van der Waals surface area contributed by atoms with E-state index in [4.69, 9.17) is 5.73 Å². The summed E-state index contributed by atoms with van der Waals surface area (Å²) < 4.78 is 13.2. The molecule has 98 valence electrons. The SMILES string of the molecule is CC1CCC(C)N(C(=O)c2cc(F)ccc2N)C1. The highest BCUT2D eigenvalue weighted by Crippen LogP contribution is 2.25. The zero-order chi connectivity index (χ0) is 13.3. The highest BCUT2D eigenvalue weighted by atomic mass is 19.1. The number of nitrogens with two attached hydrogens (primary N) is 1. The molecule has 1 aliphatic rings. The van der Waals surface area contributed by atoms with Gasteiger partial charge in [-0.3, -0.25) is 4.79 Å². The highest BCUT2D eigenvalue weighted by Gasteiger charge is 2.28. The van der Waals surface area contributed by atoms with E-state index in [0.29, 0.717) is 11.6 Å². The molecule has 1 fully saturated rings. The lowest BCUT2D eigenvalue weighted by Gasteiger charge is -2.37. The molecule has 2 rings (SSSR count). The van der Waals surface area contributed by atoms with Gasteiger partial charge in [-0.1, -0.05) is 6.92 Å². The Morgan fingerprint density at radius 2 is 2.11 bits per heavy atom. The Balaban J connectivity index is 2.27. The molecular formula is C14H19FN2O. The Bertz CT molecular complexity index is 461. The molecule has 1 aromatic rings. The Hall–Kier alpha value is -1.58. The smallest absolute Gasteiger partial charge is 0.256 e. The molecule has 0 bridgehead atoms. The molecular weight excluding hydrogens is 231 g/mol. The fraction of sp³-hybridized carbons (Fsp3) is 0.500. The van der Waals surface area contributed by atoms with Crippen molar-refractivity contribution in [1.82, 2.24) is 4.90 Å². The predicted molar refractivity (Wildman–Crippen MR) is 69.7 cm³/mol. The fourth-order valence-corrected chi connectivity index (χ4v) is 2.44. The number of hydrogen-bond donors (Lipinski definition) is 1. The summed E-state index contributed by atoms with van der Waals surface area (Å²) >= 11 is 0. The predicted octanol–water partition coefficient (Wildman–Crippen LogP) is 2.67. The first-order chi connectivity index (χ1) is 8.49. The van der Waals surface area contributed by atoms with E-state index in [0.717, 1.165) is 19.4 Å². The van der Waals surface area contributed by atoms with E-state index in [-0.39, 0.29) is 17.5 Å². The first-order valence-corrected chi connectivity index (χ1v) is 6.35. The minimum absolute atomic E-state index is 0.161. The standard InChI is InChI=1S/C14H19FN2O/c1-9-3-4-10(2)17(8-9)14(18)12-7-11(15)5-6-13(12)16/h5-7,9-10H,3-4,8,16H2,1-2H3. The van der Waals surface area contributed by atoms with E-state index in [9.17, 15) is 9.18 Å². The number of halogens is 1. The van der Waals surface area contributed by atoms with Gasteiger partial charge in [0.15, 0.2) is 0 Å². The summed E-state index contributed by atoms with van der Waals surface area (Å²) in [5, 5.41) is 0. The summed E-state index contributed by atoms with van der Waals surface area (Å²) in [6.45, 7) is 4.87. The number of rotatable bonds is 1. The largest absolute Gasteiger partial charge is 0.398 e. The van der Waals surface area contributed by atoms with Crippen molar-refractivity contribution in [2.75, 3.05) is 12.3 Å². The molecule has 0 spiro atoms. The number of amides is 1. The Kier molecular flexibility index (Phi) is 3.55.